The molecule has 9 heteroatoms. The molecular weight excluding hydrogens is 524 g/mol. The molecule has 0 aromatic heterocycles. The Labute approximate surface area is 234 Å². The first kappa shape index (κ1) is 28.3. The number of hydrogen-bond acceptors (Lipinski definition) is 5. The van der Waals surface area contributed by atoms with Crippen LogP contribution in [0, 0.1) is 13.8 Å². The third kappa shape index (κ3) is 7.00. The molecular formula is C31H30N4O4S. The minimum atomic E-state index is -4.02. The van der Waals surface area contributed by atoms with Gasteiger partial charge in [-0.25, -0.2) is 13.8 Å². The van der Waals surface area contributed by atoms with Gasteiger partial charge in [-0.3, -0.25) is 13.9 Å². The van der Waals surface area contributed by atoms with Gasteiger partial charge in [-0.15, -0.1) is 0 Å². The van der Waals surface area contributed by atoms with Crippen molar-refractivity contribution < 1.29 is 18.0 Å². The minimum absolute atomic E-state index is 0.0894. The number of nitrogens with zero attached hydrogens (tertiary/aromatic N) is 2. The van der Waals surface area contributed by atoms with Gasteiger partial charge >= 0.3 is 0 Å². The average Bonchev–Trinajstić information content (AvgIpc) is 2.95. The molecule has 0 aliphatic rings. The summed E-state index contributed by atoms with van der Waals surface area (Å²) in [5.74, 6) is -0.812. The van der Waals surface area contributed by atoms with Crippen LogP contribution in [0.1, 0.15) is 34.0 Å². The van der Waals surface area contributed by atoms with Crippen molar-refractivity contribution in [2.75, 3.05) is 16.2 Å². The highest BCUT2D eigenvalue weighted by Gasteiger charge is 2.27. The Balaban J connectivity index is 1.47. The number of aryl methyl sites for hydroxylation is 2. The van der Waals surface area contributed by atoms with Crippen molar-refractivity contribution in [3.8, 4) is 0 Å². The number of hydrogen-bond donors (Lipinski definition) is 2. The van der Waals surface area contributed by atoms with E-state index in [0.717, 1.165) is 21.0 Å². The van der Waals surface area contributed by atoms with E-state index >= 15 is 0 Å². The first-order valence-electron chi connectivity index (χ1n) is 12.6. The molecule has 0 unspecified atom stereocenters. The van der Waals surface area contributed by atoms with Gasteiger partial charge < -0.3 is 5.32 Å². The van der Waals surface area contributed by atoms with Crippen LogP contribution in [0.25, 0.3) is 0 Å². The van der Waals surface area contributed by atoms with Gasteiger partial charge in [0.25, 0.3) is 21.8 Å². The number of hydrazone groups is 1. The van der Waals surface area contributed by atoms with Gasteiger partial charge in [0, 0.05) is 11.3 Å². The lowest BCUT2D eigenvalue weighted by atomic mass is 10.1. The lowest BCUT2D eigenvalue weighted by molar-refractivity contribution is -0.119. The van der Waals surface area contributed by atoms with Crippen LogP contribution in [0.4, 0.5) is 11.4 Å². The maximum Gasteiger partial charge on any atom is 0.264 e. The molecule has 0 radical (unpaired) electrons. The van der Waals surface area contributed by atoms with Crippen molar-refractivity contribution in [1.29, 1.82) is 0 Å². The zero-order valence-corrected chi connectivity index (χ0v) is 23.3. The van der Waals surface area contributed by atoms with E-state index in [1.54, 1.807) is 85.8 Å². The Morgan fingerprint density at radius 3 is 2.10 bits per heavy atom. The van der Waals surface area contributed by atoms with Crippen molar-refractivity contribution in [3.05, 3.63) is 125 Å². The summed E-state index contributed by atoms with van der Waals surface area (Å²) in [6.07, 6.45) is 0. The van der Waals surface area contributed by atoms with Crippen LogP contribution in [-0.2, 0) is 14.8 Å². The molecule has 0 bridgehead atoms. The highest BCUT2D eigenvalue weighted by molar-refractivity contribution is 7.92. The molecule has 2 N–H and O–H groups in total. The maximum atomic E-state index is 13.5. The summed E-state index contributed by atoms with van der Waals surface area (Å²) in [6, 6.07) is 29.4. The van der Waals surface area contributed by atoms with Crippen molar-refractivity contribution in [2.45, 2.75) is 25.7 Å². The summed E-state index contributed by atoms with van der Waals surface area (Å²) in [6.45, 7) is 4.99. The molecule has 0 aliphatic heterocycles. The second-order valence-electron chi connectivity index (χ2n) is 9.29. The third-order valence-corrected chi connectivity index (χ3v) is 7.92. The predicted octanol–water partition coefficient (Wildman–Crippen LogP) is 5.29. The molecule has 0 fully saturated rings. The SMILES string of the molecule is C/C(=N/NC(=O)CN(c1cccc(C)c1)S(=O)(=O)c1ccc(C)cc1)c1ccc(NC(=O)c2ccccc2)cc1. The summed E-state index contributed by atoms with van der Waals surface area (Å²) < 4.78 is 28.1. The zero-order valence-electron chi connectivity index (χ0n) is 22.5. The van der Waals surface area contributed by atoms with Crippen LogP contribution < -0.4 is 15.0 Å². The molecule has 4 aromatic carbocycles. The monoisotopic (exact) mass is 554 g/mol. The van der Waals surface area contributed by atoms with Gasteiger partial charge in [0.15, 0.2) is 0 Å². The molecule has 0 aliphatic carbocycles. The highest BCUT2D eigenvalue weighted by Crippen LogP contribution is 2.24. The van der Waals surface area contributed by atoms with Crippen LogP contribution >= 0.6 is 0 Å². The number of benzene rings is 4. The van der Waals surface area contributed by atoms with Crippen molar-refractivity contribution >= 4 is 38.9 Å². The summed E-state index contributed by atoms with van der Waals surface area (Å²) in [5.41, 5.74) is 7.04. The van der Waals surface area contributed by atoms with Crippen LogP contribution in [0.5, 0.6) is 0 Å². The Hall–Kier alpha value is -4.76. The van der Waals surface area contributed by atoms with Gasteiger partial charge in [-0.1, -0.05) is 60.2 Å². The highest BCUT2D eigenvalue weighted by atomic mass is 32.2. The first-order chi connectivity index (χ1) is 19.1. The number of anilines is 2. The molecule has 204 valence electrons. The third-order valence-electron chi connectivity index (χ3n) is 6.13. The first-order valence-corrected chi connectivity index (χ1v) is 14.0. The topological polar surface area (TPSA) is 108 Å². The van der Waals surface area contributed by atoms with Gasteiger partial charge in [0.05, 0.1) is 16.3 Å². The van der Waals surface area contributed by atoms with Gasteiger partial charge in [-0.2, -0.15) is 5.10 Å². The molecule has 4 rings (SSSR count). The summed E-state index contributed by atoms with van der Waals surface area (Å²) >= 11 is 0. The molecule has 4 aromatic rings. The van der Waals surface area contributed by atoms with Crippen LogP contribution in [0.3, 0.4) is 0 Å². The summed E-state index contributed by atoms with van der Waals surface area (Å²) in [7, 11) is -4.02. The smallest absolute Gasteiger partial charge is 0.264 e. The quantitative estimate of drug-likeness (QED) is 0.216. The van der Waals surface area contributed by atoms with Crippen LogP contribution in [-0.4, -0.2) is 32.5 Å². The van der Waals surface area contributed by atoms with E-state index in [4.69, 9.17) is 0 Å². The fraction of sp³-hybridized carbons (Fsp3) is 0.129. The van der Waals surface area contributed by atoms with Crippen molar-refractivity contribution in [3.63, 3.8) is 0 Å². The molecule has 2 amide bonds. The molecule has 0 atom stereocenters. The largest absolute Gasteiger partial charge is 0.322 e. The van der Waals surface area contributed by atoms with Gasteiger partial charge in [0.1, 0.15) is 6.54 Å². The van der Waals surface area contributed by atoms with Crippen LogP contribution in [0.15, 0.2) is 113 Å². The van der Waals surface area contributed by atoms with E-state index in [0.29, 0.717) is 22.6 Å². The Morgan fingerprint density at radius 2 is 1.45 bits per heavy atom. The van der Waals surface area contributed by atoms with E-state index in [1.165, 1.54) is 12.1 Å². The van der Waals surface area contributed by atoms with E-state index in [-0.39, 0.29) is 10.8 Å². The van der Waals surface area contributed by atoms with E-state index < -0.39 is 22.5 Å². The van der Waals surface area contributed by atoms with E-state index in [9.17, 15) is 18.0 Å². The normalized spacial score (nSPS) is 11.5. The van der Waals surface area contributed by atoms with Crippen molar-refractivity contribution in [2.24, 2.45) is 5.10 Å². The Morgan fingerprint density at radius 1 is 0.775 bits per heavy atom. The fourth-order valence-electron chi connectivity index (χ4n) is 3.90. The zero-order chi connectivity index (χ0) is 28.7. The average molecular weight is 555 g/mol. The number of nitrogens with one attached hydrogen (secondary N) is 2. The number of sulfonamides is 1. The molecule has 40 heavy (non-hydrogen) atoms. The second-order valence-corrected chi connectivity index (χ2v) is 11.2. The Bertz CT molecular complexity index is 1630. The molecule has 8 nitrogen and oxygen atoms in total. The summed E-state index contributed by atoms with van der Waals surface area (Å²) in [4.78, 5) is 25.4. The Kier molecular flexibility index (Phi) is 8.76. The predicted molar refractivity (Wildman–Crippen MR) is 158 cm³/mol. The lowest BCUT2D eigenvalue weighted by Gasteiger charge is -2.24. The molecule has 0 saturated carbocycles. The number of carbonyl (C=O) groups is 2. The second kappa shape index (κ2) is 12.4. The van der Waals surface area contributed by atoms with E-state index in [1.807, 2.05) is 26.0 Å². The number of amides is 2. The molecule has 0 heterocycles. The van der Waals surface area contributed by atoms with Gasteiger partial charge in [0.2, 0.25) is 0 Å². The minimum Gasteiger partial charge on any atom is -0.322 e. The maximum absolute atomic E-state index is 13.5. The van der Waals surface area contributed by atoms with Crippen LogP contribution in [0.2, 0.25) is 0 Å². The van der Waals surface area contributed by atoms with E-state index in [2.05, 4.69) is 15.8 Å². The molecule has 0 spiro atoms. The fourth-order valence-corrected chi connectivity index (χ4v) is 5.31. The van der Waals surface area contributed by atoms with Gasteiger partial charge in [-0.05, 0) is 80.4 Å². The summed E-state index contributed by atoms with van der Waals surface area (Å²) in [5, 5.41) is 7.01. The standard InChI is InChI=1S/C31H30N4O4S/c1-22-12-18-29(19-13-22)40(38,39)35(28-11-7-8-23(2)20-28)21-30(36)34-33-24(3)25-14-16-27(17-15-25)32-31(37)26-9-5-4-6-10-26/h4-20H,21H2,1-3H3,(H,32,37)(H,34,36)/b33-24-. The number of carbonyl (C=O) groups excluding carboxylic acids is 2. The van der Waals surface area contributed by atoms with Crippen molar-refractivity contribution in [1.82, 2.24) is 5.43 Å². The molecule has 0 saturated heterocycles. The number of rotatable bonds is 9. The lowest BCUT2D eigenvalue weighted by Crippen LogP contribution is -2.39.